The number of nitrogens with one attached hydrogen (secondary N) is 1. The number of benzene rings is 1. The highest BCUT2D eigenvalue weighted by Gasteiger charge is 2.34. The topological polar surface area (TPSA) is 50.3 Å². The Kier molecular flexibility index (Phi) is 2.52. The summed E-state index contributed by atoms with van der Waals surface area (Å²) < 4.78 is 5.32. The van der Waals surface area contributed by atoms with Crippen molar-refractivity contribution in [2.75, 3.05) is 30.4 Å². The minimum absolute atomic E-state index is 0.340. The van der Waals surface area contributed by atoms with Crippen LogP contribution in [0.4, 0.5) is 11.5 Å². The first-order valence-electron chi connectivity index (χ1n) is 6.86. The molecule has 0 amide bonds. The van der Waals surface area contributed by atoms with E-state index in [9.17, 15) is 0 Å². The van der Waals surface area contributed by atoms with E-state index in [1.165, 1.54) is 11.1 Å². The summed E-state index contributed by atoms with van der Waals surface area (Å²) in [6.45, 7) is 1.84. The molecule has 0 fully saturated rings. The molecule has 4 rings (SSSR count). The number of fused-ring (bicyclic) bond motifs is 5. The fourth-order valence-electron chi connectivity index (χ4n) is 3.21. The second-order valence-corrected chi connectivity index (χ2v) is 5.12. The predicted molar refractivity (Wildman–Crippen MR) is 77.3 cm³/mol. The van der Waals surface area contributed by atoms with Gasteiger partial charge in [-0.1, -0.05) is 24.3 Å². The SMILES string of the molecule is COc1ncnc2c1NCC1c3ccccc3CCN21. The lowest BCUT2D eigenvalue weighted by Gasteiger charge is -2.42. The average molecular weight is 268 g/mol. The van der Waals surface area contributed by atoms with E-state index < -0.39 is 0 Å². The van der Waals surface area contributed by atoms with Gasteiger partial charge in [-0.2, -0.15) is 4.98 Å². The average Bonchev–Trinajstić information content (AvgIpc) is 2.53. The molecular formula is C15H16N4O. The van der Waals surface area contributed by atoms with Crippen molar-refractivity contribution in [1.82, 2.24) is 9.97 Å². The maximum absolute atomic E-state index is 5.32. The van der Waals surface area contributed by atoms with Gasteiger partial charge in [0.05, 0.1) is 13.2 Å². The van der Waals surface area contributed by atoms with Crippen molar-refractivity contribution < 1.29 is 4.74 Å². The van der Waals surface area contributed by atoms with Gasteiger partial charge in [-0.05, 0) is 17.5 Å². The van der Waals surface area contributed by atoms with Crippen LogP contribution in [0.15, 0.2) is 30.6 Å². The molecule has 102 valence electrons. The summed E-state index contributed by atoms with van der Waals surface area (Å²) >= 11 is 0. The molecule has 1 atom stereocenters. The molecule has 1 aromatic heterocycles. The number of methoxy groups -OCH3 is 1. The Labute approximate surface area is 117 Å². The highest BCUT2D eigenvalue weighted by molar-refractivity contribution is 5.74. The van der Waals surface area contributed by atoms with Crippen molar-refractivity contribution in [3.05, 3.63) is 41.7 Å². The zero-order chi connectivity index (χ0) is 13.5. The molecule has 2 aliphatic heterocycles. The van der Waals surface area contributed by atoms with Gasteiger partial charge >= 0.3 is 0 Å². The molecule has 0 bridgehead atoms. The fraction of sp³-hybridized carbons (Fsp3) is 0.333. The molecule has 0 saturated carbocycles. The maximum atomic E-state index is 5.32. The Bertz CT molecular complexity index is 658. The number of hydrogen-bond donors (Lipinski definition) is 1. The highest BCUT2D eigenvalue weighted by Crippen LogP contribution is 2.42. The predicted octanol–water partition coefficient (Wildman–Crippen LogP) is 2.01. The van der Waals surface area contributed by atoms with E-state index in [4.69, 9.17) is 4.74 Å². The third-order valence-electron chi connectivity index (χ3n) is 4.14. The molecule has 1 N–H and O–H groups in total. The van der Waals surface area contributed by atoms with Crippen LogP contribution in [0.25, 0.3) is 0 Å². The summed E-state index contributed by atoms with van der Waals surface area (Å²) in [4.78, 5) is 11.0. The number of rotatable bonds is 1. The van der Waals surface area contributed by atoms with Crippen molar-refractivity contribution >= 4 is 11.5 Å². The van der Waals surface area contributed by atoms with Gasteiger partial charge in [0.2, 0.25) is 5.88 Å². The van der Waals surface area contributed by atoms with E-state index in [0.29, 0.717) is 11.9 Å². The summed E-state index contributed by atoms with van der Waals surface area (Å²) in [7, 11) is 1.64. The third kappa shape index (κ3) is 1.56. The number of nitrogens with zero attached hydrogens (tertiary/aromatic N) is 3. The second kappa shape index (κ2) is 4.37. The number of aromatic nitrogens is 2. The molecule has 20 heavy (non-hydrogen) atoms. The van der Waals surface area contributed by atoms with Gasteiger partial charge < -0.3 is 15.0 Å². The first-order valence-corrected chi connectivity index (χ1v) is 6.86. The van der Waals surface area contributed by atoms with Crippen molar-refractivity contribution in [3.8, 4) is 5.88 Å². The lowest BCUT2D eigenvalue weighted by molar-refractivity contribution is 0.397. The molecule has 0 spiro atoms. The lowest BCUT2D eigenvalue weighted by Crippen LogP contribution is -2.43. The van der Waals surface area contributed by atoms with Gasteiger partial charge in [0, 0.05) is 13.1 Å². The molecule has 5 heteroatoms. The van der Waals surface area contributed by atoms with Gasteiger partial charge in [-0.25, -0.2) is 4.98 Å². The summed E-state index contributed by atoms with van der Waals surface area (Å²) in [5.74, 6) is 1.56. The fourth-order valence-corrected chi connectivity index (χ4v) is 3.21. The van der Waals surface area contributed by atoms with Crippen LogP contribution in [-0.4, -0.2) is 30.2 Å². The smallest absolute Gasteiger partial charge is 0.242 e. The van der Waals surface area contributed by atoms with E-state index in [2.05, 4.69) is 44.5 Å². The van der Waals surface area contributed by atoms with E-state index >= 15 is 0 Å². The highest BCUT2D eigenvalue weighted by atomic mass is 16.5. The Morgan fingerprint density at radius 1 is 1.30 bits per heavy atom. The van der Waals surface area contributed by atoms with Crippen LogP contribution in [-0.2, 0) is 6.42 Å². The van der Waals surface area contributed by atoms with E-state index in [-0.39, 0.29) is 0 Å². The van der Waals surface area contributed by atoms with E-state index in [0.717, 1.165) is 31.0 Å². The van der Waals surface area contributed by atoms with Crippen LogP contribution in [0.3, 0.4) is 0 Å². The largest absolute Gasteiger partial charge is 0.479 e. The van der Waals surface area contributed by atoms with E-state index in [1.54, 1.807) is 13.4 Å². The van der Waals surface area contributed by atoms with Crippen LogP contribution in [0.2, 0.25) is 0 Å². The molecule has 0 aliphatic carbocycles. The van der Waals surface area contributed by atoms with E-state index in [1.807, 2.05) is 0 Å². The molecule has 5 nitrogen and oxygen atoms in total. The number of hydrogen-bond acceptors (Lipinski definition) is 5. The van der Waals surface area contributed by atoms with Crippen LogP contribution in [0.5, 0.6) is 5.88 Å². The minimum Gasteiger partial charge on any atom is -0.479 e. The zero-order valence-corrected chi connectivity index (χ0v) is 11.3. The summed E-state index contributed by atoms with van der Waals surface area (Å²) in [5, 5.41) is 3.43. The van der Waals surface area contributed by atoms with Crippen LogP contribution < -0.4 is 15.0 Å². The standard InChI is InChI=1S/C15H16N4O/c1-20-15-13-14(17-9-18-15)19-7-6-10-4-2-3-5-11(10)12(19)8-16-13/h2-5,9,12,16H,6-8H2,1H3. The van der Waals surface area contributed by atoms with Crippen LogP contribution in [0, 0.1) is 0 Å². The third-order valence-corrected chi connectivity index (χ3v) is 4.14. The van der Waals surface area contributed by atoms with Crippen LogP contribution >= 0.6 is 0 Å². The Hall–Kier alpha value is -2.30. The zero-order valence-electron chi connectivity index (χ0n) is 11.3. The number of anilines is 2. The van der Waals surface area contributed by atoms with Gasteiger partial charge in [-0.15, -0.1) is 0 Å². The Morgan fingerprint density at radius 2 is 2.20 bits per heavy atom. The first kappa shape index (κ1) is 11.5. The molecule has 2 aliphatic rings. The van der Waals surface area contributed by atoms with Crippen molar-refractivity contribution in [2.24, 2.45) is 0 Å². The van der Waals surface area contributed by atoms with Gasteiger partial charge in [0.25, 0.3) is 0 Å². The maximum Gasteiger partial charge on any atom is 0.242 e. The van der Waals surface area contributed by atoms with Crippen LogP contribution in [0.1, 0.15) is 17.2 Å². The summed E-state index contributed by atoms with van der Waals surface area (Å²) in [6, 6.07) is 9.01. The van der Waals surface area contributed by atoms with Crippen molar-refractivity contribution in [3.63, 3.8) is 0 Å². The van der Waals surface area contributed by atoms with Gasteiger partial charge in [0.1, 0.15) is 12.0 Å². The molecular weight excluding hydrogens is 252 g/mol. The number of ether oxygens (including phenoxy) is 1. The van der Waals surface area contributed by atoms with Gasteiger partial charge in [-0.3, -0.25) is 0 Å². The van der Waals surface area contributed by atoms with Crippen molar-refractivity contribution in [1.29, 1.82) is 0 Å². The molecule has 0 radical (unpaired) electrons. The summed E-state index contributed by atoms with van der Waals surface area (Å²) in [5.41, 5.74) is 3.75. The normalized spacial score (nSPS) is 19.4. The summed E-state index contributed by atoms with van der Waals surface area (Å²) in [6.07, 6.45) is 2.63. The minimum atomic E-state index is 0.340. The van der Waals surface area contributed by atoms with Crippen molar-refractivity contribution in [2.45, 2.75) is 12.5 Å². The molecule has 1 aromatic carbocycles. The molecule has 1 unspecified atom stereocenters. The second-order valence-electron chi connectivity index (χ2n) is 5.12. The molecule has 2 aromatic rings. The lowest BCUT2D eigenvalue weighted by atomic mass is 9.91. The quantitative estimate of drug-likeness (QED) is 0.857. The van der Waals surface area contributed by atoms with Gasteiger partial charge in [0.15, 0.2) is 5.82 Å². The Morgan fingerprint density at radius 3 is 3.10 bits per heavy atom. The monoisotopic (exact) mass is 268 g/mol. The first-order chi connectivity index (χ1) is 9.88. The molecule has 0 saturated heterocycles. The Balaban J connectivity index is 1.81. The molecule has 3 heterocycles.